The van der Waals surface area contributed by atoms with Crippen molar-refractivity contribution in [1.29, 1.82) is 0 Å². The van der Waals surface area contributed by atoms with Crippen LogP contribution in [0.25, 0.3) is 0 Å². The lowest BCUT2D eigenvalue weighted by atomic mass is 9.83. The van der Waals surface area contributed by atoms with Crippen molar-refractivity contribution in [2.24, 2.45) is 11.8 Å². The van der Waals surface area contributed by atoms with Crippen molar-refractivity contribution in [3.05, 3.63) is 28.5 Å². The number of nitrogens with one attached hydrogen (secondary N) is 1. The summed E-state index contributed by atoms with van der Waals surface area (Å²) in [5.74, 6) is 1.50. The summed E-state index contributed by atoms with van der Waals surface area (Å²) in [6, 6.07) is 3.49. The zero-order valence-electron chi connectivity index (χ0n) is 10.7. The molecule has 1 aliphatic rings. The zero-order chi connectivity index (χ0) is 13.0. The van der Waals surface area contributed by atoms with Gasteiger partial charge in [0.25, 0.3) is 5.91 Å². The monoisotopic (exact) mass is 310 g/mol. The van der Waals surface area contributed by atoms with Crippen LogP contribution in [0, 0.1) is 11.8 Å². The smallest absolute Gasteiger partial charge is 0.251 e. The van der Waals surface area contributed by atoms with Gasteiger partial charge < -0.3 is 5.32 Å². The van der Waals surface area contributed by atoms with Crippen LogP contribution in [-0.4, -0.2) is 17.4 Å². The van der Waals surface area contributed by atoms with E-state index in [2.05, 4.69) is 33.2 Å². The first-order valence-electron chi connectivity index (χ1n) is 6.55. The number of pyridine rings is 1. The second-order valence-electron chi connectivity index (χ2n) is 5.20. The van der Waals surface area contributed by atoms with Crippen LogP contribution in [0.1, 0.15) is 43.0 Å². The Balaban J connectivity index is 1.81. The van der Waals surface area contributed by atoms with Crippen LogP contribution in [-0.2, 0) is 0 Å². The molecule has 0 spiro atoms. The Morgan fingerprint density at radius 1 is 1.44 bits per heavy atom. The van der Waals surface area contributed by atoms with Gasteiger partial charge in [-0.2, -0.15) is 0 Å². The molecule has 0 bridgehead atoms. The maximum atomic E-state index is 11.9. The SMILES string of the molecule is CC1CCC(CNC(=O)c2ccnc(Br)c2)CC1. The average Bonchev–Trinajstić information content (AvgIpc) is 2.38. The van der Waals surface area contributed by atoms with Crippen LogP contribution in [0.5, 0.6) is 0 Å². The standard InChI is InChI=1S/C14H19BrN2O/c1-10-2-4-11(5-3-10)9-17-14(18)12-6-7-16-13(15)8-12/h6-8,10-11H,2-5,9H2,1H3,(H,17,18). The molecule has 1 amide bonds. The molecular formula is C14H19BrN2O. The van der Waals surface area contributed by atoms with Crippen LogP contribution in [0.4, 0.5) is 0 Å². The highest BCUT2D eigenvalue weighted by atomic mass is 79.9. The Bertz CT molecular complexity index is 414. The van der Waals surface area contributed by atoms with Crippen molar-refractivity contribution >= 4 is 21.8 Å². The third-order valence-electron chi connectivity index (χ3n) is 3.68. The molecule has 1 N–H and O–H groups in total. The number of hydrogen-bond donors (Lipinski definition) is 1. The topological polar surface area (TPSA) is 42.0 Å². The Labute approximate surface area is 117 Å². The Morgan fingerprint density at radius 2 is 2.17 bits per heavy atom. The average molecular weight is 311 g/mol. The van der Waals surface area contributed by atoms with Crippen LogP contribution >= 0.6 is 15.9 Å². The van der Waals surface area contributed by atoms with E-state index >= 15 is 0 Å². The summed E-state index contributed by atoms with van der Waals surface area (Å²) < 4.78 is 0.696. The molecule has 1 fully saturated rings. The molecule has 0 unspecified atom stereocenters. The van der Waals surface area contributed by atoms with E-state index in [0.29, 0.717) is 16.1 Å². The maximum absolute atomic E-state index is 11.9. The normalized spacial score (nSPS) is 23.7. The quantitative estimate of drug-likeness (QED) is 0.869. The summed E-state index contributed by atoms with van der Waals surface area (Å²) in [4.78, 5) is 16.0. The maximum Gasteiger partial charge on any atom is 0.251 e. The molecule has 1 aromatic heterocycles. The third-order valence-corrected chi connectivity index (χ3v) is 4.11. The Kier molecular flexibility index (Phi) is 4.75. The first-order valence-corrected chi connectivity index (χ1v) is 7.34. The lowest BCUT2D eigenvalue weighted by molar-refractivity contribution is 0.0941. The van der Waals surface area contributed by atoms with E-state index in [1.165, 1.54) is 25.7 Å². The van der Waals surface area contributed by atoms with Gasteiger partial charge in [-0.3, -0.25) is 4.79 Å². The lowest BCUT2D eigenvalue weighted by Gasteiger charge is -2.26. The molecule has 1 saturated carbocycles. The molecule has 1 aromatic rings. The predicted octanol–water partition coefficient (Wildman–Crippen LogP) is 3.40. The number of halogens is 1. The largest absolute Gasteiger partial charge is 0.352 e. The minimum Gasteiger partial charge on any atom is -0.352 e. The molecule has 4 heteroatoms. The van der Waals surface area contributed by atoms with Gasteiger partial charge in [-0.05, 0) is 52.7 Å². The van der Waals surface area contributed by atoms with Crippen LogP contribution in [0.2, 0.25) is 0 Å². The summed E-state index contributed by atoms with van der Waals surface area (Å²) in [5.41, 5.74) is 0.668. The van der Waals surface area contributed by atoms with E-state index in [9.17, 15) is 4.79 Å². The minimum atomic E-state index is -0.00304. The van der Waals surface area contributed by atoms with Crippen molar-refractivity contribution in [3.63, 3.8) is 0 Å². The molecule has 1 heterocycles. The van der Waals surface area contributed by atoms with Gasteiger partial charge in [0.1, 0.15) is 4.60 Å². The Morgan fingerprint density at radius 3 is 2.83 bits per heavy atom. The van der Waals surface area contributed by atoms with Gasteiger partial charge >= 0.3 is 0 Å². The summed E-state index contributed by atoms with van der Waals surface area (Å²) >= 11 is 3.27. The van der Waals surface area contributed by atoms with Gasteiger partial charge in [0.05, 0.1) is 0 Å². The molecular weight excluding hydrogens is 292 g/mol. The Hall–Kier alpha value is -0.900. The van der Waals surface area contributed by atoms with E-state index in [4.69, 9.17) is 0 Å². The van der Waals surface area contributed by atoms with E-state index < -0.39 is 0 Å². The summed E-state index contributed by atoms with van der Waals surface area (Å²) in [5, 5.41) is 3.02. The highest BCUT2D eigenvalue weighted by Crippen LogP contribution is 2.27. The number of hydrogen-bond acceptors (Lipinski definition) is 2. The number of aromatic nitrogens is 1. The minimum absolute atomic E-state index is 0.00304. The summed E-state index contributed by atoms with van der Waals surface area (Å²) in [6.07, 6.45) is 6.70. The molecule has 0 aliphatic heterocycles. The van der Waals surface area contributed by atoms with Crippen molar-refractivity contribution in [1.82, 2.24) is 10.3 Å². The van der Waals surface area contributed by atoms with Gasteiger partial charge in [-0.15, -0.1) is 0 Å². The molecule has 98 valence electrons. The van der Waals surface area contributed by atoms with Crippen molar-refractivity contribution in [2.45, 2.75) is 32.6 Å². The predicted molar refractivity (Wildman–Crippen MR) is 75.4 cm³/mol. The zero-order valence-corrected chi connectivity index (χ0v) is 12.2. The molecule has 0 atom stereocenters. The highest BCUT2D eigenvalue weighted by Gasteiger charge is 2.18. The highest BCUT2D eigenvalue weighted by molar-refractivity contribution is 9.10. The van der Waals surface area contributed by atoms with Gasteiger partial charge in [0.2, 0.25) is 0 Å². The fraction of sp³-hybridized carbons (Fsp3) is 0.571. The first-order chi connectivity index (χ1) is 8.65. The van der Waals surface area contributed by atoms with Crippen molar-refractivity contribution in [3.8, 4) is 0 Å². The van der Waals surface area contributed by atoms with Gasteiger partial charge in [-0.1, -0.05) is 19.8 Å². The molecule has 0 radical (unpaired) electrons. The van der Waals surface area contributed by atoms with Gasteiger partial charge in [0.15, 0.2) is 0 Å². The van der Waals surface area contributed by atoms with E-state index in [-0.39, 0.29) is 5.91 Å². The molecule has 18 heavy (non-hydrogen) atoms. The summed E-state index contributed by atoms with van der Waals surface area (Å²) in [7, 11) is 0. The number of rotatable bonds is 3. The van der Waals surface area contributed by atoms with Crippen LogP contribution in [0.3, 0.4) is 0 Å². The molecule has 1 aliphatic carbocycles. The van der Waals surface area contributed by atoms with Crippen LogP contribution < -0.4 is 5.32 Å². The number of carbonyl (C=O) groups is 1. The second-order valence-corrected chi connectivity index (χ2v) is 6.02. The third kappa shape index (κ3) is 3.80. The van der Waals surface area contributed by atoms with Crippen molar-refractivity contribution < 1.29 is 4.79 Å². The van der Waals surface area contributed by atoms with Gasteiger partial charge in [0, 0.05) is 18.3 Å². The summed E-state index contributed by atoms with van der Waals surface area (Å²) in [6.45, 7) is 3.11. The number of carbonyl (C=O) groups excluding carboxylic acids is 1. The van der Waals surface area contributed by atoms with E-state index in [1.807, 2.05) is 0 Å². The number of nitrogens with zero attached hydrogens (tertiary/aromatic N) is 1. The number of amides is 1. The van der Waals surface area contributed by atoms with Crippen molar-refractivity contribution in [2.75, 3.05) is 6.54 Å². The molecule has 0 saturated heterocycles. The van der Waals surface area contributed by atoms with E-state index in [0.717, 1.165) is 12.5 Å². The molecule has 2 rings (SSSR count). The van der Waals surface area contributed by atoms with Crippen LogP contribution in [0.15, 0.2) is 22.9 Å². The molecule has 0 aromatic carbocycles. The second kappa shape index (κ2) is 6.32. The lowest BCUT2D eigenvalue weighted by Crippen LogP contribution is -2.31. The van der Waals surface area contributed by atoms with E-state index in [1.54, 1.807) is 18.3 Å². The first kappa shape index (κ1) is 13.5. The molecule has 3 nitrogen and oxygen atoms in total. The fourth-order valence-electron chi connectivity index (χ4n) is 2.42. The fourth-order valence-corrected chi connectivity index (χ4v) is 2.78. The van der Waals surface area contributed by atoms with Gasteiger partial charge in [-0.25, -0.2) is 4.98 Å².